The first-order chi connectivity index (χ1) is 14.8. The summed E-state index contributed by atoms with van der Waals surface area (Å²) < 4.78 is 23.2. The Morgan fingerprint density at radius 1 is 1.03 bits per heavy atom. The van der Waals surface area contributed by atoms with Crippen LogP contribution in [0, 0.1) is 11.8 Å². The van der Waals surface area contributed by atoms with Crippen LogP contribution in [0.3, 0.4) is 0 Å². The summed E-state index contributed by atoms with van der Waals surface area (Å²) in [5.74, 6) is 6.64. The van der Waals surface area contributed by atoms with Gasteiger partial charge >= 0.3 is 0 Å². The molecule has 2 aromatic heterocycles. The fourth-order valence-corrected chi connectivity index (χ4v) is 3.82. The minimum Gasteiger partial charge on any atom is -0.398 e. The molecular weight excluding hydrogens is 432 g/mol. The number of pyridine rings is 2. The summed E-state index contributed by atoms with van der Waals surface area (Å²) in [6, 6.07) is 15.4. The van der Waals surface area contributed by atoms with Gasteiger partial charge in [-0.2, -0.15) is 0 Å². The second kappa shape index (κ2) is 8.26. The third kappa shape index (κ3) is 4.61. The van der Waals surface area contributed by atoms with Gasteiger partial charge in [-0.3, -0.25) is 0 Å². The predicted molar refractivity (Wildman–Crippen MR) is 124 cm³/mol. The van der Waals surface area contributed by atoms with E-state index in [0.717, 1.165) is 10.8 Å². The second-order valence-electron chi connectivity index (χ2n) is 6.83. The number of benzene rings is 2. The number of nitrogens with zero attached hydrogens (tertiary/aromatic N) is 2. The number of hydrogen-bond acceptors (Lipinski definition) is 6. The number of nitrogens with one attached hydrogen (secondary N) is 1. The molecule has 0 atom stereocenters. The van der Waals surface area contributed by atoms with Crippen molar-refractivity contribution in [1.29, 1.82) is 0 Å². The fraction of sp³-hybridized carbons (Fsp3) is 0.0435. The van der Waals surface area contributed by atoms with Crippen LogP contribution in [0.5, 0.6) is 0 Å². The number of hydrogen-bond donors (Lipinski definition) is 2. The molecule has 31 heavy (non-hydrogen) atoms. The van der Waals surface area contributed by atoms with Crippen molar-refractivity contribution in [3.8, 4) is 11.8 Å². The zero-order valence-electron chi connectivity index (χ0n) is 16.4. The topological polar surface area (TPSA) is 98.0 Å². The molecular formula is C23H17ClN4O2S. The number of rotatable bonds is 3. The molecule has 6 nitrogen and oxygen atoms in total. The van der Waals surface area contributed by atoms with Gasteiger partial charge < -0.3 is 11.1 Å². The number of nitrogen functional groups attached to an aromatic ring is 1. The van der Waals surface area contributed by atoms with Crippen LogP contribution in [0.15, 0.2) is 71.9 Å². The average molecular weight is 449 g/mol. The Kier molecular flexibility index (Phi) is 5.51. The van der Waals surface area contributed by atoms with Crippen LogP contribution in [0.1, 0.15) is 11.3 Å². The van der Waals surface area contributed by atoms with Crippen LogP contribution < -0.4 is 11.1 Å². The highest BCUT2D eigenvalue weighted by Gasteiger charge is 2.08. The minimum absolute atomic E-state index is 0.255. The van der Waals surface area contributed by atoms with Gasteiger partial charge in [-0.05, 0) is 54.5 Å². The molecule has 0 bridgehead atoms. The van der Waals surface area contributed by atoms with Crippen molar-refractivity contribution in [3.05, 3.63) is 83.3 Å². The number of halogens is 1. The Hall–Kier alpha value is -3.60. The quantitative estimate of drug-likeness (QED) is 0.356. The molecule has 154 valence electrons. The lowest BCUT2D eigenvalue weighted by molar-refractivity contribution is 0.602. The number of nitrogens with two attached hydrogens (primary N) is 1. The molecule has 0 spiro atoms. The molecule has 8 heteroatoms. The van der Waals surface area contributed by atoms with E-state index in [0.29, 0.717) is 33.5 Å². The first-order valence-electron chi connectivity index (χ1n) is 9.19. The summed E-state index contributed by atoms with van der Waals surface area (Å²) in [5.41, 5.74) is 8.31. The van der Waals surface area contributed by atoms with Gasteiger partial charge in [0.25, 0.3) is 0 Å². The minimum atomic E-state index is -3.25. The highest BCUT2D eigenvalue weighted by atomic mass is 35.5. The Morgan fingerprint density at radius 3 is 2.52 bits per heavy atom. The van der Waals surface area contributed by atoms with Crippen molar-refractivity contribution in [2.24, 2.45) is 0 Å². The Morgan fingerprint density at radius 2 is 1.81 bits per heavy atom. The lowest BCUT2D eigenvalue weighted by atomic mass is 10.1. The Bertz CT molecular complexity index is 1440. The third-order valence-electron chi connectivity index (χ3n) is 4.55. The molecule has 0 aliphatic carbocycles. The summed E-state index contributed by atoms with van der Waals surface area (Å²) in [4.78, 5) is 9.06. The first kappa shape index (κ1) is 20.7. The lowest BCUT2D eigenvalue weighted by Crippen LogP contribution is -1.98. The largest absolute Gasteiger partial charge is 0.398 e. The maximum absolute atomic E-state index is 11.6. The molecule has 0 radical (unpaired) electrons. The maximum atomic E-state index is 11.6. The van der Waals surface area contributed by atoms with Crippen molar-refractivity contribution in [3.63, 3.8) is 0 Å². The van der Waals surface area contributed by atoms with E-state index >= 15 is 0 Å². The van der Waals surface area contributed by atoms with Crippen molar-refractivity contribution >= 4 is 49.4 Å². The van der Waals surface area contributed by atoms with Crippen molar-refractivity contribution < 1.29 is 8.42 Å². The SMILES string of the molecule is CS(=O)(=O)c1ccc(Nc2cc3c(C#Cc4c(N)cccc4Cl)nccc3cn2)cc1. The van der Waals surface area contributed by atoms with Gasteiger partial charge in [0.1, 0.15) is 11.5 Å². The van der Waals surface area contributed by atoms with E-state index < -0.39 is 9.84 Å². The van der Waals surface area contributed by atoms with E-state index in [4.69, 9.17) is 17.3 Å². The van der Waals surface area contributed by atoms with Crippen molar-refractivity contribution in [2.75, 3.05) is 17.3 Å². The van der Waals surface area contributed by atoms with E-state index in [1.54, 1.807) is 54.9 Å². The zero-order valence-corrected chi connectivity index (χ0v) is 18.0. The van der Waals surface area contributed by atoms with Gasteiger partial charge in [0.05, 0.1) is 15.5 Å². The van der Waals surface area contributed by atoms with E-state index in [1.165, 1.54) is 6.26 Å². The summed E-state index contributed by atoms with van der Waals surface area (Å²) >= 11 is 6.21. The van der Waals surface area contributed by atoms with Crippen LogP contribution in [0.25, 0.3) is 10.8 Å². The standard InChI is InChI=1S/C23H17ClN4O2S/c1-31(29,30)17-7-5-16(6-8-17)28-23-13-19-15(14-27-23)11-12-26-22(19)10-9-18-20(24)3-2-4-21(18)25/h2-8,11-14H,25H2,1H3,(H,27,28). The summed E-state index contributed by atoms with van der Waals surface area (Å²) in [7, 11) is -3.25. The highest BCUT2D eigenvalue weighted by Crippen LogP contribution is 2.24. The van der Waals surface area contributed by atoms with Gasteiger partial charge in [-0.25, -0.2) is 18.4 Å². The maximum Gasteiger partial charge on any atom is 0.175 e. The Balaban J connectivity index is 1.69. The van der Waals surface area contributed by atoms with Crippen molar-refractivity contribution in [2.45, 2.75) is 4.90 Å². The molecule has 0 fully saturated rings. The molecule has 0 aliphatic rings. The van der Waals surface area contributed by atoms with E-state index in [9.17, 15) is 8.42 Å². The van der Waals surface area contributed by atoms with Gasteiger partial charge in [-0.1, -0.05) is 23.6 Å². The number of sulfone groups is 1. The zero-order chi connectivity index (χ0) is 22.0. The van der Waals surface area contributed by atoms with E-state index in [-0.39, 0.29) is 4.90 Å². The Labute approximate surface area is 185 Å². The molecule has 0 saturated heterocycles. The molecule has 0 unspecified atom stereocenters. The van der Waals surface area contributed by atoms with Gasteiger partial charge in [0.2, 0.25) is 0 Å². The molecule has 2 aromatic carbocycles. The normalized spacial score (nSPS) is 11.0. The monoisotopic (exact) mass is 448 g/mol. The molecule has 2 heterocycles. The number of anilines is 3. The number of aromatic nitrogens is 2. The molecule has 3 N–H and O–H groups in total. The lowest BCUT2D eigenvalue weighted by Gasteiger charge is -2.08. The summed E-state index contributed by atoms with van der Waals surface area (Å²) in [5, 5.41) is 5.34. The van der Waals surface area contributed by atoms with Crippen LogP contribution in [-0.4, -0.2) is 24.6 Å². The molecule has 4 rings (SSSR count). The highest BCUT2D eigenvalue weighted by molar-refractivity contribution is 7.90. The summed E-state index contributed by atoms with van der Waals surface area (Å²) in [6.45, 7) is 0. The van der Waals surface area contributed by atoms with Crippen LogP contribution in [0.2, 0.25) is 5.02 Å². The smallest absolute Gasteiger partial charge is 0.175 e. The fourth-order valence-electron chi connectivity index (χ4n) is 2.96. The van der Waals surface area contributed by atoms with E-state index in [2.05, 4.69) is 27.1 Å². The van der Waals surface area contributed by atoms with Crippen LogP contribution in [0.4, 0.5) is 17.2 Å². The second-order valence-corrected chi connectivity index (χ2v) is 9.25. The van der Waals surface area contributed by atoms with Gasteiger partial charge in [0.15, 0.2) is 9.84 Å². The van der Waals surface area contributed by atoms with Gasteiger partial charge in [0, 0.05) is 40.8 Å². The van der Waals surface area contributed by atoms with Crippen LogP contribution >= 0.6 is 11.6 Å². The predicted octanol–water partition coefficient (Wildman–Crippen LogP) is 4.41. The molecule has 0 saturated carbocycles. The van der Waals surface area contributed by atoms with Crippen LogP contribution in [-0.2, 0) is 9.84 Å². The average Bonchev–Trinajstić information content (AvgIpc) is 2.73. The first-order valence-corrected chi connectivity index (χ1v) is 11.5. The number of fused-ring (bicyclic) bond motifs is 1. The summed E-state index contributed by atoms with van der Waals surface area (Å²) in [6.07, 6.45) is 4.56. The molecule has 0 aliphatic heterocycles. The van der Waals surface area contributed by atoms with Crippen molar-refractivity contribution in [1.82, 2.24) is 9.97 Å². The molecule has 0 amide bonds. The van der Waals surface area contributed by atoms with Gasteiger partial charge in [-0.15, -0.1) is 0 Å². The molecule has 4 aromatic rings. The van der Waals surface area contributed by atoms with E-state index in [1.807, 2.05) is 12.1 Å². The third-order valence-corrected chi connectivity index (χ3v) is 6.00.